The highest BCUT2D eigenvalue weighted by molar-refractivity contribution is 6.31. The lowest BCUT2D eigenvalue weighted by molar-refractivity contribution is 0.303. The number of hydrogen-bond donors (Lipinski definition) is 2. The minimum absolute atomic E-state index is 0.0548. The lowest BCUT2D eigenvalue weighted by Gasteiger charge is -2.16. The molecule has 0 aliphatic rings. The average Bonchev–Trinajstić information content (AvgIpc) is 2.51. The third kappa shape index (κ3) is 3.38. The number of aromatic hydroxyl groups is 1. The number of ether oxygens (including phenoxy) is 1. The SMILES string of the molecule is CCOc1nccc(C(C#N)Nc2ccc(F)c(Cl)c2)c1O. The van der Waals surface area contributed by atoms with Crippen LogP contribution in [0.5, 0.6) is 11.6 Å². The zero-order valence-electron chi connectivity index (χ0n) is 11.7. The minimum atomic E-state index is -0.872. The van der Waals surface area contributed by atoms with E-state index in [0.717, 1.165) is 0 Å². The zero-order valence-corrected chi connectivity index (χ0v) is 12.4. The van der Waals surface area contributed by atoms with Gasteiger partial charge in [0.15, 0.2) is 5.75 Å². The number of nitrogens with zero attached hydrogens (tertiary/aromatic N) is 2. The molecule has 114 valence electrons. The van der Waals surface area contributed by atoms with E-state index in [-0.39, 0.29) is 16.7 Å². The molecule has 1 atom stereocenters. The molecule has 0 aliphatic heterocycles. The number of pyridine rings is 1. The fourth-order valence-corrected chi connectivity index (χ4v) is 2.04. The van der Waals surface area contributed by atoms with Crippen molar-refractivity contribution in [2.75, 3.05) is 11.9 Å². The fourth-order valence-electron chi connectivity index (χ4n) is 1.86. The van der Waals surface area contributed by atoms with Crippen molar-refractivity contribution in [1.29, 1.82) is 5.26 Å². The smallest absolute Gasteiger partial charge is 0.257 e. The Morgan fingerprint density at radius 2 is 2.27 bits per heavy atom. The second kappa shape index (κ2) is 6.96. The highest BCUT2D eigenvalue weighted by Crippen LogP contribution is 2.33. The first-order chi connectivity index (χ1) is 10.6. The molecule has 5 nitrogen and oxygen atoms in total. The van der Waals surface area contributed by atoms with Crippen molar-refractivity contribution in [2.24, 2.45) is 0 Å². The largest absolute Gasteiger partial charge is 0.503 e. The van der Waals surface area contributed by atoms with Crippen molar-refractivity contribution in [1.82, 2.24) is 4.98 Å². The Morgan fingerprint density at radius 1 is 1.50 bits per heavy atom. The van der Waals surface area contributed by atoms with Crippen LogP contribution in [-0.2, 0) is 0 Å². The molecule has 0 aliphatic carbocycles. The Hall–Kier alpha value is -2.52. The molecule has 1 heterocycles. The molecule has 1 aromatic carbocycles. The van der Waals surface area contributed by atoms with Gasteiger partial charge >= 0.3 is 0 Å². The number of halogens is 2. The van der Waals surface area contributed by atoms with E-state index in [9.17, 15) is 14.8 Å². The monoisotopic (exact) mass is 321 g/mol. The van der Waals surface area contributed by atoms with Crippen molar-refractivity contribution in [3.63, 3.8) is 0 Å². The van der Waals surface area contributed by atoms with Crippen LogP contribution >= 0.6 is 11.6 Å². The maximum absolute atomic E-state index is 13.2. The number of rotatable bonds is 5. The van der Waals surface area contributed by atoms with Crippen LogP contribution in [-0.4, -0.2) is 16.7 Å². The van der Waals surface area contributed by atoms with E-state index in [1.54, 1.807) is 6.92 Å². The molecule has 0 radical (unpaired) electrons. The van der Waals surface area contributed by atoms with Crippen molar-refractivity contribution in [3.05, 3.63) is 46.9 Å². The standard InChI is InChI=1S/C15H13ClFN3O2/c1-2-22-15-14(21)10(5-6-19-15)13(8-18)20-9-3-4-12(17)11(16)7-9/h3-7,13,20-21H,2H2,1H3. The van der Waals surface area contributed by atoms with E-state index in [4.69, 9.17) is 16.3 Å². The number of hydrogen-bond acceptors (Lipinski definition) is 5. The Balaban J connectivity index is 2.31. The predicted molar refractivity (Wildman–Crippen MR) is 80.5 cm³/mol. The Labute approximate surface area is 131 Å². The first-order valence-electron chi connectivity index (χ1n) is 6.48. The molecule has 2 aromatic rings. The molecule has 1 unspecified atom stereocenters. The second-order valence-electron chi connectivity index (χ2n) is 4.32. The third-order valence-electron chi connectivity index (χ3n) is 2.87. The van der Waals surface area contributed by atoms with Crippen molar-refractivity contribution in [2.45, 2.75) is 13.0 Å². The number of benzene rings is 1. The summed E-state index contributed by atoms with van der Waals surface area (Å²) < 4.78 is 18.3. The van der Waals surface area contributed by atoms with Gasteiger partial charge in [-0.25, -0.2) is 9.37 Å². The Morgan fingerprint density at radius 3 is 2.91 bits per heavy atom. The van der Waals surface area contributed by atoms with Crippen LogP contribution in [0.15, 0.2) is 30.5 Å². The van der Waals surface area contributed by atoms with Crippen molar-refractivity contribution < 1.29 is 14.2 Å². The van der Waals surface area contributed by atoms with Crippen LogP contribution in [0.3, 0.4) is 0 Å². The van der Waals surface area contributed by atoms with Gasteiger partial charge in [-0.15, -0.1) is 0 Å². The molecule has 2 N–H and O–H groups in total. The summed E-state index contributed by atoms with van der Waals surface area (Å²) in [5, 5.41) is 22.3. The van der Waals surface area contributed by atoms with E-state index in [2.05, 4.69) is 10.3 Å². The van der Waals surface area contributed by atoms with Gasteiger partial charge in [0.1, 0.15) is 11.9 Å². The molecular formula is C15H13ClFN3O2. The maximum atomic E-state index is 13.2. The Bertz CT molecular complexity index is 718. The van der Waals surface area contributed by atoms with E-state index < -0.39 is 11.9 Å². The summed E-state index contributed by atoms with van der Waals surface area (Å²) in [5.74, 6) is -0.707. The van der Waals surface area contributed by atoms with Crippen LogP contribution < -0.4 is 10.1 Å². The van der Waals surface area contributed by atoms with E-state index in [1.165, 1.54) is 30.5 Å². The van der Waals surface area contributed by atoms with Crippen LogP contribution in [0.4, 0.5) is 10.1 Å². The topological polar surface area (TPSA) is 78.2 Å². The van der Waals surface area contributed by atoms with Gasteiger partial charge < -0.3 is 15.2 Å². The van der Waals surface area contributed by atoms with Crippen LogP contribution in [0.2, 0.25) is 5.02 Å². The average molecular weight is 322 g/mol. The van der Waals surface area contributed by atoms with Crippen LogP contribution in [0.25, 0.3) is 0 Å². The minimum Gasteiger partial charge on any atom is -0.503 e. The quantitative estimate of drug-likeness (QED) is 0.878. The molecular weight excluding hydrogens is 309 g/mol. The summed E-state index contributed by atoms with van der Waals surface area (Å²) in [6.45, 7) is 2.09. The number of nitriles is 1. The number of anilines is 1. The highest BCUT2D eigenvalue weighted by atomic mass is 35.5. The summed E-state index contributed by atoms with van der Waals surface area (Å²) in [7, 11) is 0. The summed E-state index contributed by atoms with van der Waals surface area (Å²) in [4.78, 5) is 3.90. The molecule has 0 saturated heterocycles. The van der Waals surface area contributed by atoms with Crippen molar-refractivity contribution >= 4 is 17.3 Å². The van der Waals surface area contributed by atoms with Crippen LogP contribution in [0.1, 0.15) is 18.5 Å². The molecule has 1 aromatic heterocycles. The molecule has 0 saturated carbocycles. The molecule has 22 heavy (non-hydrogen) atoms. The van der Waals surface area contributed by atoms with E-state index in [1.807, 2.05) is 6.07 Å². The Kier molecular flexibility index (Phi) is 5.02. The summed E-state index contributed by atoms with van der Waals surface area (Å²) in [5.41, 5.74) is 0.758. The van der Waals surface area contributed by atoms with Gasteiger partial charge in [-0.1, -0.05) is 11.6 Å². The van der Waals surface area contributed by atoms with Crippen LogP contribution in [0, 0.1) is 17.1 Å². The predicted octanol–water partition coefficient (Wildman–Crippen LogP) is 3.66. The second-order valence-corrected chi connectivity index (χ2v) is 4.73. The normalized spacial score (nSPS) is 11.5. The van der Waals surface area contributed by atoms with Gasteiger partial charge in [0, 0.05) is 17.4 Å². The van der Waals surface area contributed by atoms with Crippen molar-refractivity contribution in [3.8, 4) is 17.7 Å². The van der Waals surface area contributed by atoms with E-state index >= 15 is 0 Å². The fraction of sp³-hybridized carbons (Fsp3) is 0.200. The maximum Gasteiger partial charge on any atom is 0.257 e. The number of nitrogens with one attached hydrogen (secondary N) is 1. The first-order valence-corrected chi connectivity index (χ1v) is 6.86. The lowest BCUT2D eigenvalue weighted by atomic mass is 10.1. The number of aromatic nitrogens is 1. The molecule has 0 amide bonds. The van der Waals surface area contributed by atoms with Gasteiger partial charge in [0.2, 0.25) is 0 Å². The molecule has 0 spiro atoms. The summed E-state index contributed by atoms with van der Waals surface area (Å²) in [6.07, 6.45) is 1.43. The van der Waals surface area contributed by atoms with Gasteiger partial charge in [0.05, 0.1) is 17.7 Å². The molecule has 7 heteroatoms. The molecule has 0 bridgehead atoms. The van der Waals surface area contributed by atoms with E-state index in [0.29, 0.717) is 17.9 Å². The first kappa shape index (κ1) is 15.9. The summed E-state index contributed by atoms with van der Waals surface area (Å²) >= 11 is 5.71. The van der Waals surface area contributed by atoms with Gasteiger partial charge in [0.25, 0.3) is 5.88 Å². The zero-order chi connectivity index (χ0) is 16.1. The van der Waals surface area contributed by atoms with Gasteiger partial charge in [-0.3, -0.25) is 0 Å². The molecule has 0 fully saturated rings. The summed E-state index contributed by atoms with van der Waals surface area (Å²) in [6, 6.07) is 6.66. The highest BCUT2D eigenvalue weighted by Gasteiger charge is 2.19. The third-order valence-corrected chi connectivity index (χ3v) is 3.16. The molecule has 2 rings (SSSR count). The van der Waals surface area contributed by atoms with Gasteiger partial charge in [-0.05, 0) is 31.2 Å². The van der Waals surface area contributed by atoms with Gasteiger partial charge in [-0.2, -0.15) is 5.26 Å². The lowest BCUT2D eigenvalue weighted by Crippen LogP contribution is -2.10.